The lowest BCUT2D eigenvalue weighted by molar-refractivity contribution is 0.0270. The number of ether oxygens (including phenoxy) is 1. The molecule has 0 aromatic heterocycles. The Balaban J connectivity index is 1.82. The van der Waals surface area contributed by atoms with Crippen molar-refractivity contribution in [3.05, 3.63) is 106 Å². The monoisotopic (exact) mass is 429 g/mol. The van der Waals surface area contributed by atoms with Crippen LogP contribution < -0.4 is 5.32 Å². The Morgan fingerprint density at radius 3 is 2.75 bits per heavy atom. The van der Waals surface area contributed by atoms with E-state index in [-0.39, 0.29) is 11.1 Å². The van der Waals surface area contributed by atoms with E-state index in [9.17, 15) is 4.39 Å². The summed E-state index contributed by atoms with van der Waals surface area (Å²) in [4.78, 5) is 0. The van der Waals surface area contributed by atoms with E-state index in [1.807, 2.05) is 24.3 Å². The summed E-state index contributed by atoms with van der Waals surface area (Å²) in [5, 5.41) is 17.3. The van der Waals surface area contributed by atoms with E-state index in [1.165, 1.54) is 23.4 Å². The van der Waals surface area contributed by atoms with Crippen molar-refractivity contribution in [2.45, 2.75) is 38.6 Å². The van der Waals surface area contributed by atoms with Crippen molar-refractivity contribution in [2.75, 3.05) is 13.7 Å². The highest BCUT2D eigenvalue weighted by Crippen LogP contribution is 2.52. The molecular formula is C27H28FN3O-2. The number of allylic oxidation sites excluding steroid dienone is 5. The minimum Gasteiger partial charge on any atom is -0.682 e. The minimum absolute atomic E-state index is 0.0200. The molecule has 0 amide bonds. The second kappa shape index (κ2) is 8.74. The number of nitriles is 1. The second-order valence-corrected chi connectivity index (χ2v) is 8.70. The molecule has 0 aliphatic carbocycles. The molecule has 3 aliphatic rings. The first-order valence-electron chi connectivity index (χ1n) is 10.8. The largest absolute Gasteiger partial charge is 0.682 e. The zero-order valence-corrected chi connectivity index (χ0v) is 18.8. The third-order valence-corrected chi connectivity index (χ3v) is 6.43. The molecule has 3 aliphatic heterocycles. The first kappa shape index (κ1) is 22.0. The average molecular weight is 430 g/mol. The van der Waals surface area contributed by atoms with Crippen molar-refractivity contribution in [2.24, 2.45) is 0 Å². The van der Waals surface area contributed by atoms with E-state index >= 15 is 0 Å². The van der Waals surface area contributed by atoms with Crippen LogP contribution in [-0.2, 0) is 0 Å². The van der Waals surface area contributed by atoms with Gasteiger partial charge >= 0.3 is 0 Å². The van der Waals surface area contributed by atoms with Crippen LogP contribution in [0.15, 0.2) is 71.5 Å². The van der Waals surface area contributed by atoms with Crippen LogP contribution in [0.3, 0.4) is 0 Å². The van der Waals surface area contributed by atoms with Crippen molar-refractivity contribution >= 4 is 5.57 Å². The summed E-state index contributed by atoms with van der Waals surface area (Å²) < 4.78 is 18.7. The summed E-state index contributed by atoms with van der Waals surface area (Å²) in [5.41, 5.74) is 6.18. The van der Waals surface area contributed by atoms with Crippen LogP contribution >= 0.6 is 0 Å². The number of halogens is 1. The maximum atomic E-state index is 14.6. The van der Waals surface area contributed by atoms with Crippen LogP contribution in [0.2, 0.25) is 0 Å². The van der Waals surface area contributed by atoms with E-state index in [0.717, 1.165) is 48.1 Å². The van der Waals surface area contributed by atoms with Gasteiger partial charge in [-0.1, -0.05) is 47.8 Å². The topological polar surface area (TPSA) is 62.7 Å². The third-order valence-electron chi connectivity index (χ3n) is 6.43. The molecule has 3 heterocycles. The van der Waals surface area contributed by atoms with E-state index < -0.39 is 5.82 Å². The van der Waals surface area contributed by atoms with E-state index in [2.05, 4.69) is 36.6 Å². The smallest absolute Gasteiger partial charge is 0.140 e. The number of rotatable bonds is 6. The lowest BCUT2D eigenvalue weighted by Gasteiger charge is -2.37. The first-order valence-corrected chi connectivity index (χ1v) is 10.8. The first-order chi connectivity index (χ1) is 15.4. The lowest BCUT2D eigenvalue weighted by Crippen LogP contribution is -2.31. The normalized spacial score (nSPS) is 23.3. The fraction of sp³-hybridized carbons (Fsp3) is 0.296. The lowest BCUT2D eigenvalue weighted by atomic mass is 9.83. The Bertz CT molecular complexity index is 1100. The second-order valence-electron chi connectivity index (χ2n) is 8.70. The Hall–Kier alpha value is -3.20. The van der Waals surface area contributed by atoms with Gasteiger partial charge in [0.15, 0.2) is 0 Å². The Morgan fingerprint density at radius 1 is 1.41 bits per heavy atom. The van der Waals surface area contributed by atoms with E-state index in [0.29, 0.717) is 12.1 Å². The third kappa shape index (κ3) is 4.12. The summed E-state index contributed by atoms with van der Waals surface area (Å²) in [6, 6.07) is 6.67. The highest BCUT2D eigenvalue weighted by atomic mass is 19.1. The van der Waals surface area contributed by atoms with Gasteiger partial charge in [0.1, 0.15) is 19.0 Å². The van der Waals surface area contributed by atoms with E-state index in [1.54, 1.807) is 13.2 Å². The maximum Gasteiger partial charge on any atom is 0.140 e. The van der Waals surface area contributed by atoms with Crippen LogP contribution in [0.5, 0.6) is 0 Å². The van der Waals surface area contributed by atoms with Crippen molar-refractivity contribution in [3.8, 4) is 6.07 Å². The van der Waals surface area contributed by atoms with Gasteiger partial charge in [0.05, 0.1) is 11.8 Å². The highest BCUT2D eigenvalue weighted by Gasteiger charge is 2.29. The van der Waals surface area contributed by atoms with Gasteiger partial charge in [0.25, 0.3) is 0 Å². The van der Waals surface area contributed by atoms with E-state index in [4.69, 9.17) is 10.6 Å². The Kier molecular flexibility index (Phi) is 6.01. The van der Waals surface area contributed by atoms with Crippen LogP contribution in [0.4, 0.5) is 4.39 Å². The quantitative estimate of drug-likeness (QED) is 0.366. The predicted octanol–water partition coefficient (Wildman–Crippen LogP) is 5.55. The molecule has 5 heteroatoms. The fourth-order valence-corrected chi connectivity index (χ4v) is 4.65. The molecule has 1 saturated heterocycles. The van der Waals surface area contributed by atoms with Gasteiger partial charge < -0.3 is 15.4 Å². The molecule has 0 radical (unpaired) electrons. The number of hydrogen-bond acceptors (Lipinski definition) is 2. The summed E-state index contributed by atoms with van der Waals surface area (Å²) in [6.07, 6.45) is 11.8. The molecule has 0 spiro atoms. The molecule has 32 heavy (non-hydrogen) atoms. The summed E-state index contributed by atoms with van der Waals surface area (Å²) >= 11 is 0. The minimum atomic E-state index is -0.524. The number of fused-ring (bicyclic) bond motifs is 2. The molecule has 1 fully saturated rings. The van der Waals surface area contributed by atoms with Crippen LogP contribution in [0.25, 0.3) is 10.9 Å². The number of aliphatic hydroxyl groups is 2. The fourth-order valence-electron chi connectivity index (χ4n) is 4.65. The van der Waals surface area contributed by atoms with Crippen molar-refractivity contribution in [1.29, 1.82) is 5.26 Å². The van der Waals surface area contributed by atoms with Gasteiger partial charge in [-0.3, -0.25) is 6.08 Å². The molecule has 0 unspecified atom stereocenters. The van der Waals surface area contributed by atoms with Gasteiger partial charge in [0.2, 0.25) is 0 Å². The van der Waals surface area contributed by atoms with Gasteiger partial charge in [-0.05, 0) is 38.4 Å². The molecule has 2 bridgehead atoms. The number of nitrogens with one attached hydrogen (secondary N) is 1. The molecule has 1 aromatic rings. The summed E-state index contributed by atoms with van der Waals surface area (Å²) in [5.74, 6) is 0.516. The molecule has 4 nitrogen and oxygen atoms in total. The van der Waals surface area contributed by atoms with Crippen LogP contribution in [0, 0.1) is 29.3 Å². The van der Waals surface area contributed by atoms with Gasteiger partial charge in [-0.2, -0.15) is 22.4 Å². The van der Waals surface area contributed by atoms with Gasteiger partial charge in [-0.15, -0.1) is 18.2 Å². The maximum absolute atomic E-state index is 14.6. The van der Waals surface area contributed by atoms with Crippen LogP contribution in [-0.4, -0.2) is 23.9 Å². The summed E-state index contributed by atoms with van der Waals surface area (Å²) in [7, 11) is 1.74. The molecule has 1 aromatic carbocycles. The van der Waals surface area contributed by atoms with Gasteiger partial charge in [-0.25, -0.2) is 10.5 Å². The molecule has 4 rings (SSSR count). The van der Waals surface area contributed by atoms with Gasteiger partial charge in [0, 0.05) is 0 Å². The standard InChI is InChI=1S/C27H28FN3O/c1-5-21(20-8-9-26(32-4)30-16-20)22(18-6-7-19(15-29)24(28)13-18)12-17(2)23-14-27(3)11-10-25(23)31-27/h5-9,12-13,30,32H,1,10-11,14,16H2,2-4H3/q-2/b17-12+,22-21-/t27-/m1/s1. The molecule has 166 valence electrons. The van der Waals surface area contributed by atoms with Crippen molar-refractivity contribution in [3.63, 3.8) is 0 Å². The SMILES string of the molecule is C=C/C(=C(\C=C(/C)C1=C2CC[C@](C)(C1)[N-]2)c1ccc(C#N)c(F)c1)[C-]1C=C[C-]([OH+]C)NC1. The Morgan fingerprint density at radius 2 is 2.22 bits per heavy atom. The zero-order valence-electron chi connectivity index (χ0n) is 18.8. The predicted molar refractivity (Wildman–Crippen MR) is 126 cm³/mol. The average Bonchev–Trinajstić information content (AvgIpc) is 3.35. The zero-order chi connectivity index (χ0) is 22.9. The number of hydrogen-bond donors (Lipinski definition) is 1. The van der Waals surface area contributed by atoms with Crippen LogP contribution in [0.1, 0.15) is 44.2 Å². The molecule has 2 N–H and O–H groups in total. The molecular weight excluding hydrogens is 401 g/mol. The Labute approximate surface area is 189 Å². The molecule has 1 atom stereocenters. The number of nitrogens with zero attached hydrogens (tertiary/aromatic N) is 2. The van der Waals surface area contributed by atoms with Crippen molar-refractivity contribution < 1.29 is 9.13 Å². The molecule has 0 saturated carbocycles. The van der Waals surface area contributed by atoms with Crippen molar-refractivity contribution in [1.82, 2.24) is 5.32 Å². The highest BCUT2D eigenvalue weighted by molar-refractivity contribution is 5.83. The number of benzene rings is 1. The summed E-state index contributed by atoms with van der Waals surface area (Å²) in [6.45, 7) is 8.97.